The zero-order valence-corrected chi connectivity index (χ0v) is 18.8. The van der Waals surface area contributed by atoms with Crippen molar-refractivity contribution in [2.45, 2.75) is 57.7 Å². The first-order chi connectivity index (χ1) is 15.3. The maximum Gasteiger partial charge on any atom is 0.417 e. The standard InChI is InChI=1S/C25H34F3N3O/c1-18(31-8-4-23-21(16-31)12-22(14-29-23)25(26,27)28)24(13-19-2-3-19)7-9-30(17-24)15-20-5-10-32-11-6-20/h12,14,19-20H,1-11,13,15-17H2. The number of ether oxygens (including phenoxy) is 1. The van der Waals surface area contributed by atoms with Crippen molar-refractivity contribution in [2.24, 2.45) is 17.3 Å². The highest BCUT2D eigenvalue weighted by molar-refractivity contribution is 5.30. The van der Waals surface area contributed by atoms with E-state index < -0.39 is 11.7 Å². The van der Waals surface area contributed by atoms with Gasteiger partial charge < -0.3 is 14.5 Å². The molecule has 1 aliphatic carbocycles. The molecule has 4 nitrogen and oxygen atoms in total. The Labute approximate surface area is 188 Å². The van der Waals surface area contributed by atoms with Crippen LogP contribution in [0.25, 0.3) is 0 Å². The number of alkyl halides is 3. The third kappa shape index (κ3) is 4.69. The number of nitrogens with zero attached hydrogens (tertiary/aromatic N) is 3. The molecular formula is C25H34F3N3O. The SMILES string of the molecule is C=C(N1CCc2ncc(C(F)(F)F)cc2C1)C1(CC2CC2)CCN(CC2CCOCC2)C1. The Morgan fingerprint density at radius 3 is 2.66 bits per heavy atom. The van der Waals surface area contributed by atoms with Crippen LogP contribution in [0.15, 0.2) is 24.5 Å². The molecule has 0 spiro atoms. The van der Waals surface area contributed by atoms with E-state index in [1.54, 1.807) is 0 Å². The van der Waals surface area contributed by atoms with Gasteiger partial charge in [-0.15, -0.1) is 0 Å². The first-order valence-corrected chi connectivity index (χ1v) is 12.1. The summed E-state index contributed by atoms with van der Waals surface area (Å²) in [6.45, 7) is 10.8. The van der Waals surface area contributed by atoms with Gasteiger partial charge in [-0.2, -0.15) is 13.2 Å². The van der Waals surface area contributed by atoms with Gasteiger partial charge in [0.05, 0.1) is 5.56 Å². The lowest BCUT2D eigenvalue weighted by Crippen LogP contribution is -2.41. The zero-order valence-electron chi connectivity index (χ0n) is 18.8. The molecule has 4 aliphatic rings. The average molecular weight is 450 g/mol. The van der Waals surface area contributed by atoms with Crippen molar-refractivity contribution in [1.29, 1.82) is 0 Å². The number of hydrogen-bond donors (Lipinski definition) is 0. The molecule has 176 valence electrons. The number of fused-ring (bicyclic) bond motifs is 1. The van der Waals surface area contributed by atoms with Crippen molar-refractivity contribution in [2.75, 3.05) is 39.4 Å². The minimum atomic E-state index is -4.36. The minimum Gasteiger partial charge on any atom is -0.381 e. The molecule has 1 saturated carbocycles. The Morgan fingerprint density at radius 2 is 1.94 bits per heavy atom. The van der Waals surface area contributed by atoms with Crippen LogP contribution in [0.2, 0.25) is 0 Å². The van der Waals surface area contributed by atoms with Crippen LogP contribution in [-0.4, -0.2) is 54.2 Å². The van der Waals surface area contributed by atoms with Gasteiger partial charge in [0.15, 0.2) is 0 Å². The minimum absolute atomic E-state index is 0.0545. The molecule has 0 amide bonds. The summed E-state index contributed by atoms with van der Waals surface area (Å²) in [5.74, 6) is 1.49. The molecule has 0 N–H and O–H groups in total. The van der Waals surface area contributed by atoms with Gasteiger partial charge in [0.25, 0.3) is 0 Å². The second-order valence-corrected chi connectivity index (χ2v) is 10.4. The Hall–Kier alpha value is -1.60. The van der Waals surface area contributed by atoms with Crippen LogP contribution < -0.4 is 0 Å². The number of aromatic nitrogens is 1. The lowest BCUT2D eigenvalue weighted by atomic mass is 9.77. The Morgan fingerprint density at radius 1 is 1.16 bits per heavy atom. The zero-order chi connectivity index (χ0) is 22.3. The van der Waals surface area contributed by atoms with Gasteiger partial charge in [-0.25, -0.2) is 0 Å². The van der Waals surface area contributed by atoms with Crippen LogP contribution in [0, 0.1) is 17.3 Å². The predicted molar refractivity (Wildman–Crippen MR) is 117 cm³/mol. The van der Waals surface area contributed by atoms with E-state index in [4.69, 9.17) is 4.74 Å². The molecule has 7 heteroatoms. The van der Waals surface area contributed by atoms with Crippen molar-refractivity contribution in [3.8, 4) is 0 Å². The fourth-order valence-electron chi connectivity index (χ4n) is 5.95. The van der Waals surface area contributed by atoms with E-state index in [0.29, 0.717) is 24.4 Å². The summed E-state index contributed by atoms with van der Waals surface area (Å²) in [5.41, 5.74) is 2.04. The summed E-state index contributed by atoms with van der Waals surface area (Å²) in [6, 6.07) is 1.29. The van der Waals surface area contributed by atoms with E-state index in [1.807, 2.05) is 0 Å². The lowest BCUT2D eigenvalue weighted by molar-refractivity contribution is -0.137. The molecule has 1 atom stereocenters. The van der Waals surface area contributed by atoms with Crippen molar-refractivity contribution < 1.29 is 17.9 Å². The fraction of sp³-hybridized carbons (Fsp3) is 0.720. The number of hydrogen-bond acceptors (Lipinski definition) is 4. The average Bonchev–Trinajstić information content (AvgIpc) is 3.50. The summed E-state index contributed by atoms with van der Waals surface area (Å²) in [6.07, 6.45) is 4.46. The molecule has 4 heterocycles. The second kappa shape index (κ2) is 8.64. The first kappa shape index (κ1) is 22.2. The Balaban J connectivity index is 1.30. The maximum absolute atomic E-state index is 13.2. The van der Waals surface area contributed by atoms with Gasteiger partial charge in [0.1, 0.15) is 0 Å². The molecule has 1 aromatic rings. The smallest absolute Gasteiger partial charge is 0.381 e. The lowest BCUT2D eigenvalue weighted by Gasteiger charge is -2.42. The highest BCUT2D eigenvalue weighted by Crippen LogP contribution is 2.50. The monoisotopic (exact) mass is 449 g/mol. The molecule has 0 bridgehead atoms. The maximum atomic E-state index is 13.2. The molecule has 1 unspecified atom stereocenters. The van der Waals surface area contributed by atoms with E-state index in [1.165, 1.54) is 25.3 Å². The molecule has 3 fully saturated rings. The highest BCUT2D eigenvalue weighted by atomic mass is 19.4. The molecule has 1 aromatic heterocycles. The van der Waals surface area contributed by atoms with Gasteiger partial charge in [0, 0.05) is 68.8 Å². The third-order valence-corrected chi connectivity index (χ3v) is 8.03. The van der Waals surface area contributed by atoms with E-state index in [9.17, 15) is 13.2 Å². The van der Waals surface area contributed by atoms with Crippen molar-refractivity contribution in [3.05, 3.63) is 41.4 Å². The normalized spacial score (nSPS) is 27.5. The molecule has 0 aromatic carbocycles. The molecule has 2 saturated heterocycles. The first-order valence-electron chi connectivity index (χ1n) is 12.1. The topological polar surface area (TPSA) is 28.6 Å². The molecule has 0 radical (unpaired) electrons. The molecular weight excluding hydrogens is 415 g/mol. The summed E-state index contributed by atoms with van der Waals surface area (Å²) in [4.78, 5) is 9.01. The van der Waals surface area contributed by atoms with Crippen LogP contribution in [0.3, 0.4) is 0 Å². The molecule has 32 heavy (non-hydrogen) atoms. The summed E-state index contributed by atoms with van der Waals surface area (Å²) >= 11 is 0. The van der Waals surface area contributed by atoms with E-state index >= 15 is 0 Å². The van der Waals surface area contributed by atoms with Gasteiger partial charge in [-0.3, -0.25) is 4.98 Å². The predicted octanol–water partition coefficient (Wildman–Crippen LogP) is 4.89. The third-order valence-electron chi connectivity index (χ3n) is 8.03. The number of rotatable bonds is 6. The van der Waals surface area contributed by atoms with Gasteiger partial charge in [0.2, 0.25) is 0 Å². The van der Waals surface area contributed by atoms with Gasteiger partial charge >= 0.3 is 6.18 Å². The van der Waals surface area contributed by atoms with Crippen molar-refractivity contribution in [3.63, 3.8) is 0 Å². The van der Waals surface area contributed by atoms with Crippen molar-refractivity contribution >= 4 is 0 Å². The second-order valence-electron chi connectivity index (χ2n) is 10.4. The Kier molecular flexibility index (Phi) is 5.99. The van der Waals surface area contributed by atoms with E-state index in [-0.39, 0.29) is 5.41 Å². The van der Waals surface area contributed by atoms with Gasteiger partial charge in [-0.1, -0.05) is 19.4 Å². The number of pyridine rings is 1. The fourth-order valence-corrected chi connectivity index (χ4v) is 5.95. The summed E-state index contributed by atoms with van der Waals surface area (Å²) in [5, 5.41) is 0. The van der Waals surface area contributed by atoms with E-state index in [2.05, 4.69) is 21.4 Å². The van der Waals surface area contributed by atoms with Crippen LogP contribution in [-0.2, 0) is 23.9 Å². The van der Waals surface area contributed by atoms with Crippen LogP contribution in [0.1, 0.15) is 55.3 Å². The largest absolute Gasteiger partial charge is 0.417 e. The van der Waals surface area contributed by atoms with Crippen LogP contribution in [0.4, 0.5) is 13.2 Å². The highest BCUT2D eigenvalue weighted by Gasteiger charge is 2.46. The van der Waals surface area contributed by atoms with Gasteiger partial charge in [-0.05, 0) is 55.7 Å². The van der Waals surface area contributed by atoms with Crippen LogP contribution >= 0.6 is 0 Å². The van der Waals surface area contributed by atoms with E-state index in [0.717, 1.165) is 82.2 Å². The molecule has 3 aliphatic heterocycles. The number of likely N-dealkylation sites (tertiary alicyclic amines) is 1. The summed E-state index contributed by atoms with van der Waals surface area (Å²) in [7, 11) is 0. The quantitative estimate of drug-likeness (QED) is 0.618. The van der Waals surface area contributed by atoms with Crippen LogP contribution in [0.5, 0.6) is 0 Å². The summed E-state index contributed by atoms with van der Waals surface area (Å²) < 4.78 is 45.2. The number of halogens is 3. The molecule has 5 rings (SSSR count). The Bertz CT molecular complexity index is 847. The van der Waals surface area contributed by atoms with Crippen molar-refractivity contribution in [1.82, 2.24) is 14.8 Å².